The van der Waals surface area contributed by atoms with Gasteiger partial charge >= 0.3 is 0 Å². The average molecular weight is 353 g/mol. The summed E-state index contributed by atoms with van der Waals surface area (Å²) in [5.74, 6) is 0.975. The van der Waals surface area contributed by atoms with E-state index in [1.165, 1.54) is 0 Å². The fourth-order valence-corrected chi connectivity index (χ4v) is 7.20. The average Bonchev–Trinajstić information content (AvgIpc) is 2.94. The Balaban J connectivity index is 2.18. The number of hydrogen-bond donors (Lipinski definition) is 3. The molecule has 0 saturated heterocycles. The SMILES string of the molecule is CC1CC[C@@]23CCC(=O)C2[C@]1(C)[C@H](C)C[C@](C)(C(O)CO)[C@@H](O)[C@@H]3C. The molecule has 4 heteroatoms. The summed E-state index contributed by atoms with van der Waals surface area (Å²) < 4.78 is 0. The Morgan fingerprint density at radius 2 is 1.80 bits per heavy atom. The van der Waals surface area contributed by atoms with Crippen molar-refractivity contribution < 1.29 is 20.1 Å². The first kappa shape index (κ1) is 19.3. The van der Waals surface area contributed by atoms with Gasteiger partial charge in [0.2, 0.25) is 0 Å². The number of Topliss-reactive ketones (excluding diaryl/α,β-unsaturated/α-hetero) is 1. The fraction of sp³-hybridized carbons (Fsp3) is 0.952. The van der Waals surface area contributed by atoms with Crippen LogP contribution in [0.1, 0.15) is 66.7 Å². The van der Waals surface area contributed by atoms with Crippen LogP contribution in [0.15, 0.2) is 0 Å². The zero-order valence-electron chi connectivity index (χ0n) is 16.5. The Bertz CT molecular complexity index is 548. The zero-order valence-corrected chi connectivity index (χ0v) is 16.5. The predicted octanol–water partition coefficient (Wildman–Crippen LogP) is 2.78. The second kappa shape index (κ2) is 6.03. The summed E-state index contributed by atoms with van der Waals surface area (Å²) in [6.07, 6.45) is 2.52. The molecule has 3 unspecified atom stereocenters. The maximum atomic E-state index is 13.0. The van der Waals surface area contributed by atoms with Gasteiger partial charge in [-0.2, -0.15) is 0 Å². The molecule has 0 aromatic rings. The number of aliphatic hydroxyl groups excluding tert-OH is 3. The Morgan fingerprint density at radius 3 is 2.40 bits per heavy atom. The van der Waals surface area contributed by atoms with Crippen LogP contribution in [0.2, 0.25) is 0 Å². The second-order valence-corrected chi connectivity index (χ2v) is 9.98. The first-order valence-electron chi connectivity index (χ1n) is 10.1. The maximum Gasteiger partial charge on any atom is 0.137 e. The maximum absolute atomic E-state index is 13.0. The van der Waals surface area contributed by atoms with Crippen molar-refractivity contribution >= 4 is 5.78 Å². The number of carbonyl (C=O) groups is 1. The molecule has 25 heavy (non-hydrogen) atoms. The summed E-state index contributed by atoms with van der Waals surface area (Å²) in [6, 6.07) is 0. The third-order valence-electron chi connectivity index (χ3n) is 9.26. The lowest BCUT2D eigenvalue weighted by molar-refractivity contribution is -0.199. The van der Waals surface area contributed by atoms with Crippen LogP contribution < -0.4 is 0 Å². The minimum absolute atomic E-state index is 0.0132. The van der Waals surface area contributed by atoms with Crippen LogP contribution in [0, 0.1) is 39.9 Å². The highest BCUT2D eigenvalue weighted by atomic mass is 16.3. The number of aliphatic hydroxyl groups is 3. The summed E-state index contributed by atoms with van der Waals surface area (Å²) in [6.45, 7) is 10.4. The van der Waals surface area contributed by atoms with E-state index in [0.717, 1.165) is 19.3 Å². The van der Waals surface area contributed by atoms with E-state index in [1.54, 1.807) is 0 Å². The zero-order chi connectivity index (χ0) is 18.8. The van der Waals surface area contributed by atoms with Gasteiger partial charge in [-0.05, 0) is 54.3 Å². The van der Waals surface area contributed by atoms with Gasteiger partial charge < -0.3 is 15.3 Å². The van der Waals surface area contributed by atoms with Crippen LogP contribution in [-0.4, -0.2) is 39.9 Å². The van der Waals surface area contributed by atoms with Gasteiger partial charge in [0.05, 0.1) is 18.8 Å². The van der Waals surface area contributed by atoms with Crippen molar-refractivity contribution in [3.8, 4) is 0 Å². The quantitative estimate of drug-likeness (QED) is 0.714. The number of rotatable bonds is 2. The molecule has 0 amide bonds. The van der Waals surface area contributed by atoms with Crippen molar-refractivity contribution in [2.45, 2.75) is 78.9 Å². The topological polar surface area (TPSA) is 77.8 Å². The van der Waals surface area contributed by atoms with E-state index in [0.29, 0.717) is 24.5 Å². The number of carbonyl (C=O) groups excluding carboxylic acids is 1. The molecule has 4 nitrogen and oxygen atoms in total. The van der Waals surface area contributed by atoms with Crippen LogP contribution in [0.25, 0.3) is 0 Å². The third kappa shape index (κ3) is 2.33. The van der Waals surface area contributed by atoms with Gasteiger partial charge in [0.25, 0.3) is 0 Å². The molecule has 3 saturated carbocycles. The Kier molecular flexibility index (Phi) is 4.66. The van der Waals surface area contributed by atoms with E-state index >= 15 is 0 Å². The third-order valence-corrected chi connectivity index (χ3v) is 9.26. The molecular weight excluding hydrogens is 316 g/mol. The van der Waals surface area contributed by atoms with Gasteiger partial charge in [-0.15, -0.1) is 0 Å². The van der Waals surface area contributed by atoms with E-state index in [4.69, 9.17) is 0 Å². The standard InChI is InChI=1S/C21H36O4/c1-12-6-8-21-9-7-15(23)17(21)20(12,5)13(2)10-19(4,16(24)11-22)18(25)14(21)3/h12-14,16-18,22,24-25H,6-11H2,1-5H3/t12?,13-,14+,16?,17?,18+,19-,20+,21+/m1/s1. The van der Waals surface area contributed by atoms with E-state index in [2.05, 4.69) is 27.7 Å². The van der Waals surface area contributed by atoms with Crippen LogP contribution >= 0.6 is 0 Å². The lowest BCUT2D eigenvalue weighted by atomic mass is 9.42. The summed E-state index contributed by atoms with van der Waals surface area (Å²) in [5.41, 5.74) is -1.03. The first-order chi connectivity index (χ1) is 11.6. The van der Waals surface area contributed by atoms with Crippen LogP contribution in [0.3, 0.4) is 0 Å². The molecule has 0 aromatic carbocycles. The molecule has 3 N–H and O–H groups in total. The summed E-state index contributed by atoms with van der Waals surface area (Å²) in [7, 11) is 0. The first-order valence-corrected chi connectivity index (χ1v) is 10.1. The molecule has 3 aliphatic rings. The van der Waals surface area contributed by atoms with Crippen molar-refractivity contribution in [2.75, 3.05) is 6.61 Å². The lowest BCUT2D eigenvalue weighted by Gasteiger charge is -2.63. The van der Waals surface area contributed by atoms with E-state index in [1.807, 2.05) is 6.92 Å². The summed E-state index contributed by atoms with van der Waals surface area (Å²) in [4.78, 5) is 13.0. The molecule has 0 heterocycles. The lowest BCUT2D eigenvalue weighted by Crippen LogP contribution is -2.62. The van der Waals surface area contributed by atoms with Gasteiger partial charge in [0.1, 0.15) is 5.78 Å². The van der Waals surface area contributed by atoms with E-state index < -0.39 is 17.6 Å². The van der Waals surface area contributed by atoms with E-state index in [-0.39, 0.29) is 35.2 Å². The highest BCUT2D eigenvalue weighted by Gasteiger charge is 2.67. The molecule has 0 spiro atoms. The Labute approximate surface area is 152 Å². The molecule has 0 aromatic heterocycles. The molecule has 3 aliphatic carbocycles. The van der Waals surface area contributed by atoms with Crippen molar-refractivity contribution in [1.82, 2.24) is 0 Å². The number of ketones is 1. The predicted molar refractivity (Wildman–Crippen MR) is 96.8 cm³/mol. The molecule has 3 rings (SSSR count). The van der Waals surface area contributed by atoms with Crippen LogP contribution in [0.5, 0.6) is 0 Å². The minimum Gasteiger partial charge on any atom is -0.394 e. The minimum atomic E-state index is -0.947. The smallest absolute Gasteiger partial charge is 0.137 e. The van der Waals surface area contributed by atoms with Gasteiger partial charge in [0, 0.05) is 17.8 Å². The van der Waals surface area contributed by atoms with Crippen LogP contribution in [-0.2, 0) is 4.79 Å². The summed E-state index contributed by atoms with van der Waals surface area (Å²) in [5, 5.41) is 31.6. The largest absolute Gasteiger partial charge is 0.394 e. The van der Waals surface area contributed by atoms with Crippen molar-refractivity contribution in [2.24, 2.45) is 39.9 Å². The van der Waals surface area contributed by atoms with Crippen molar-refractivity contribution in [3.63, 3.8) is 0 Å². The van der Waals surface area contributed by atoms with Crippen LogP contribution in [0.4, 0.5) is 0 Å². The molecular formula is C21H36O4. The van der Waals surface area contributed by atoms with Crippen molar-refractivity contribution in [1.29, 1.82) is 0 Å². The Hall–Kier alpha value is -0.450. The van der Waals surface area contributed by atoms with Gasteiger partial charge in [-0.1, -0.05) is 34.6 Å². The molecule has 2 bridgehead atoms. The molecule has 9 atom stereocenters. The molecule has 144 valence electrons. The van der Waals surface area contributed by atoms with Crippen molar-refractivity contribution in [3.05, 3.63) is 0 Å². The van der Waals surface area contributed by atoms with Gasteiger partial charge in [-0.3, -0.25) is 4.79 Å². The summed E-state index contributed by atoms with van der Waals surface area (Å²) >= 11 is 0. The second-order valence-electron chi connectivity index (χ2n) is 9.98. The number of hydrogen-bond acceptors (Lipinski definition) is 4. The monoisotopic (exact) mass is 352 g/mol. The van der Waals surface area contributed by atoms with Gasteiger partial charge in [-0.25, -0.2) is 0 Å². The highest BCUT2D eigenvalue weighted by Crippen LogP contribution is 2.68. The van der Waals surface area contributed by atoms with Gasteiger partial charge in [0.15, 0.2) is 0 Å². The fourth-order valence-electron chi connectivity index (χ4n) is 7.20. The molecule has 3 fully saturated rings. The molecule has 0 radical (unpaired) electrons. The Morgan fingerprint density at radius 1 is 1.16 bits per heavy atom. The molecule has 0 aliphatic heterocycles. The normalized spacial score (nSPS) is 54.6. The highest BCUT2D eigenvalue weighted by molar-refractivity contribution is 5.85. The van der Waals surface area contributed by atoms with E-state index in [9.17, 15) is 20.1 Å².